The van der Waals surface area contributed by atoms with Crippen LogP contribution in [0.1, 0.15) is 6.42 Å². The fourth-order valence-corrected chi connectivity index (χ4v) is 2.57. The molecule has 0 aromatic carbocycles. The van der Waals surface area contributed by atoms with Crippen molar-refractivity contribution in [3.05, 3.63) is 0 Å². The van der Waals surface area contributed by atoms with E-state index in [1.54, 1.807) is 0 Å². The fourth-order valence-electron chi connectivity index (χ4n) is 1.84. The van der Waals surface area contributed by atoms with Crippen LogP contribution >= 0.6 is 0 Å². The molecule has 3 N–H and O–H groups in total. The molecule has 0 aromatic rings. The first-order chi connectivity index (χ1) is 9.15. The minimum absolute atomic E-state index is 0.0290. The Morgan fingerprint density at radius 1 is 1.40 bits per heavy atom. The molecule has 0 aliphatic carbocycles. The number of hydrogen-bond donors (Lipinski definition) is 3. The lowest BCUT2D eigenvalue weighted by molar-refractivity contribution is -0.141. The standard InChI is InChI=1S/C10H19N3O6S/c1-12(2)20(18,19)4-3-11-10(17)13-6-7(14)5-8(13)9(15)16/h7-8,14H,3-6H2,1-2H3,(H,11,17)(H,15,16)/t7?,8-/m0/s1. The van der Waals surface area contributed by atoms with Crippen LogP contribution in [0.25, 0.3) is 0 Å². The molecule has 0 bridgehead atoms. The number of carboxylic acid groups (broad SMARTS) is 1. The van der Waals surface area contributed by atoms with Crippen molar-refractivity contribution in [2.24, 2.45) is 0 Å². The van der Waals surface area contributed by atoms with E-state index < -0.39 is 34.2 Å². The van der Waals surface area contributed by atoms with Gasteiger partial charge in [-0.05, 0) is 0 Å². The van der Waals surface area contributed by atoms with Crippen molar-refractivity contribution < 1.29 is 28.2 Å². The summed E-state index contributed by atoms with van der Waals surface area (Å²) in [5, 5.41) is 20.7. The number of urea groups is 1. The lowest BCUT2D eigenvalue weighted by atomic mass is 10.2. The largest absolute Gasteiger partial charge is 0.480 e. The van der Waals surface area contributed by atoms with Crippen LogP contribution in [-0.2, 0) is 14.8 Å². The number of nitrogens with one attached hydrogen (secondary N) is 1. The van der Waals surface area contributed by atoms with Gasteiger partial charge in [0.15, 0.2) is 0 Å². The molecule has 1 unspecified atom stereocenters. The maximum atomic E-state index is 11.8. The monoisotopic (exact) mass is 309 g/mol. The third-order valence-corrected chi connectivity index (χ3v) is 4.85. The van der Waals surface area contributed by atoms with Gasteiger partial charge in [-0.3, -0.25) is 0 Å². The molecule has 1 heterocycles. The Bertz CT molecular complexity index is 477. The van der Waals surface area contributed by atoms with Crippen molar-refractivity contribution in [2.75, 3.05) is 32.9 Å². The van der Waals surface area contributed by atoms with E-state index in [2.05, 4.69) is 5.32 Å². The van der Waals surface area contributed by atoms with Crippen molar-refractivity contribution in [3.8, 4) is 0 Å². The van der Waals surface area contributed by atoms with Gasteiger partial charge in [0.2, 0.25) is 10.0 Å². The highest BCUT2D eigenvalue weighted by molar-refractivity contribution is 7.89. The van der Waals surface area contributed by atoms with Crippen LogP contribution in [0.4, 0.5) is 4.79 Å². The smallest absolute Gasteiger partial charge is 0.326 e. The Morgan fingerprint density at radius 3 is 2.50 bits per heavy atom. The van der Waals surface area contributed by atoms with Crippen LogP contribution < -0.4 is 5.32 Å². The third-order valence-electron chi connectivity index (χ3n) is 3.02. The van der Waals surface area contributed by atoms with Crippen molar-refractivity contribution in [2.45, 2.75) is 18.6 Å². The van der Waals surface area contributed by atoms with E-state index in [1.807, 2.05) is 0 Å². The highest BCUT2D eigenvalue weighted by Crippen LogP contribution is 2.17. The van der Waals surface area contributed by atoms with E-state index in [0.717, 1.165) is 9.21 Å². The Hall–Kier alpha value is -1.39. The summed E-state index contributed by atoms with van der Waals surface area (Å²) in [6.07, 6.45) is -0.911. The number of amides is 2. The average molecular weight is 309 g/mol. The first-order valence-corrected chi connectivity index (χ1v) is 7.61. The number of aliphatic hydroxyl groups excluding tert-OH is 1. The van der Waals surface area contributed by atoms with Crippen LogP contribution in [0, 0.1) is 0 Å². The van der Waals surface area contributed by atoms with E-state index in [4.69, 9.17) is 5.11 Å². The lowest BCUT2D eigenvalue weighted by Crippen LogP contribution is -2.47. The first kappa shape index (κ1) is 16.7. The molecule has 1 saturated heterocycles. The summed E-state index contributed by atoms with van der Waals surface area (Å²) in [7, 11) is -0.657. The zero-order valence-electron chi connectivity index (χ0n) is 11.3. The molecule has 1 rings (SSSR count). The number of sulfonamides is 1. The van der Waals surface area contributed by atoms with E-state index in [-0.39, 0.29) is 25.3 Å². The van der Waals surface area contributed by atoms with Gasteiger partial charge in [0.25, 0.3) is 0 Å². The van der Waals surface area contributed by atoms with Crippen LogP contribution in [0.3, 0.4) is 0 Å². The summed E-state index contributed by atoms with van der Waals surface area (Å²) < 4.78 is 24.0. The van der Waals surface area contributed by atoms with Gasteiger partial charge in [0.1, 0.15) is 6.04 Å². The summed E-state index contributed by atoms with van der Waals surface area (Å²) >= 11 is 0. The van der Waals surface area contributed by atoms with Crippen molar-refractivity contribution in [1.29, 1.82) is 0 Å². The zero-order valence-corrected chi connectivity index (χ0v) is 12.1. The number of carbonyl (C=O) groups is 2. The average Bonchev–Trinajstić information content (AvgIpc) is 2.71. The Balaban J connectivity index is 2.53. The summed E-state index contributed by atoms with van der Waals surface area (Å²) in [5.41, 5.74) is 0. The Labute approximate surface area is 117 Å². The number of rotatable bonds is 5. The molecule has 1 aliphatic rings. The molecule has 0 aromatic heterocycles. The van der Waals surface area contributed by atoms with Gasteiger partial charge in [-0.2, -0.15) is 0 Å². The molecule has 20 heavy (non-hydrogen) atoms. The maximum absolute atomic E-state index is 11.8. The predicted octanol–water partition coefficient (Wildman–Crippen LogP) is -1.89. The predicted molar refractivity (Wildman–Crippen MR) is 69.6 cm³/mol. The fraction of sp³-hybridized carbons (Fsp3) is 0.800. The van der Waals surface area contributed by atoms with Crippen LogP contribution in [0.5, 0.6) is 0 Å². The second-order valence-corrected chi connectivity index (χ2v) is 7.03. The van der Waals surface area contributed by atoms with Gasteiger partial charge in [-0.25, -0.2) is 22.3 Å². The van der Waals surface area contributed by atoms with E-state index in [9.17, 15) is 23.1 Å². The number of aliphatic carboxylic acids is 1. The number of β-amino-alcohol motifs (C(OH)–C–C–N with tert-alkyl or cyclic N) is 1. The lowest BCUT2D eigenvalue weighted by Gasteiger charge is -2.21. The number of aliphatic hydroxyl groups is 1. The van der Waals surface area contributed by atoms with Crippen LogP contribution in [0.2, 0.25) is 0 Å². The minimum Gasteiger partial charge on any atom is -0.480 e. The molecular formula is C10H19N3O6S. The summed E-state index contributed by atoms with van der Waals surface area (Å²) in [6, 6.07) is -1.78. The van der Waals surface area contributed by atoms with Crippen LogP contribution in [-0.4, -0.2) is 84.9 Å². The van der Waals surface area contributed by atoms with Gasteiger partial charge in [-0.15, -0.1) is 0 Å². The number of nitrogens with zero attached hydrogens (tertiary/aromatic N) is 2. The van der Waals surface area contributed by atoms with Gasteiger partial charge >= 0.3 is 12.0 Å². The number of carboxylic acids is 1. The third kappa shape index (κ3) is 4.05. The molecule has 10 heteroatoms. The molecular weight excluding hydrogens is 290 g/mol. The van der Waals surface area contributed by atoms with Gasteiger partial charge in [0, 0.05) is 33.6 Å². The van der Waals surface area contributed by atoms with Crippen LogP contribution in [0.15, 0.2) is 0 Å². The molecule has 1 aliphatic heterocycles. The molecule has 9 nitrogen and oxygen atoms in total. The van der Waals surface area contributed by atoms with E-state index in [0.29, 0.717) is 0 Å². The van der Waals surface area contributed by atoms with Crippen molar-refractivity contribution in [1.82, 2.24) is 14.5 Å². The quantitative estimate of drug-likeness (QED) is 0.545. The number of hydrogen-bond acceptors (Lipinski definition) is 5. The van der Waals surface area contributed by atoms with E-state index >= 15 is 0 Å². The SMILES string of the molecule is CN(C)S(=O)(=O)CCNC(=O)N1CC(O)C[C@H]1C(=O)O. The topological polar surface area (TPSA) is 127 Å². The Kier molecular flexibility index (Phi) is 5.31. The van der Waals surface area contributed by atoms with Gasteiger partial charge in [-0.1, -0.05) is 0 Å². The molecule has 0 saturated carbocycles. The van der Waals surface area contributed by atoms with Crippen molar-refractivity contribution in [3.63, 3.8) is 0 Å². The molecule has 2 atom stereocenters. The molecule has 0 radical (unpaired) electrons. The summed E-state index contributed by atoms with van der Waals surface area (Å²) in [5.74, 6) is -1.47. The number of carbonyl (C=O) groups excluding carboxylic acids is 1. The molecule has 1 fully saturated rings. The molecule has 2 amide bonds. The second kappa shape index (κ2) is 6.37. The Morgan fingerprint density at radius 2 is 2.00 bits per heavy atom. The van der Waals surface area contributed by atoms with E-state index in [1.165, 1.54) is 14.1 Å². The van der Waals surface area contributed by atoms with Gasteiger partial charge in [0.05, 0.1) is 11.9 Å². The maximum Gasteiger partial charge on any atom is 0.326 e. The van der Waals surface area contributed by atoms with Gasteiger partial charge < -0.3 is 20.4 Å². The highest BCUT2D eigenvalue weighted by atomic mass is 32.2. The summed E-state index contributed by atoms with van der Waals surface area (Å²) in [4.78, 5) is 23.7. The zero-order chi connectivity index (χ0) is 15.5. The summed E-state index contributed by atoms with van der Waals surface area (Å²) in [6.45, 7) is -0.207. The number of likely N-dealkylation sites (tertiary alicyclic amines) is 1. The normalized spacial score (nSPS) is 23.1. The molecule has 0 spiro atoms. The minimum atomic E-state index is -3.42. The van der Waals surface area contributed by atoms with Crippen molar-refractivity contribution >= 4 is 22.0 Å². The first-order valence-electron chi connectivity index (χ1n) is 6.00. The molecule has 116 valence electrons. The highest BCUT2D eigenvalue weighted by Gasteiger charge is 2.38. The second-order valence-electron chi connectivity index (χ2n) is 4.73.